The van der Waals surface area contributed by atoms with Crippen molar-refractivity contribution < 1.29 is 23.1 Å². The van der Waals surface area contributed by atoms with E-state index in [4.69, 9.17) is 23.2 Å². The van der Waals surface area contributed by atoms with Gasteiger partial charge in [-0.3, -0.25) is 4.79 Å². The Hall–Kier alpha value is -2.44. The molecule has 1 amide bonds. The van der Waals surface area contributed by atoms with Crippen molar-refractivity contribution in [3.8, 4) is 5.69 Å². The van der Waals surface area contributed by atoms with Gasteiger partial charge < -0.3 is 14.9 Å². The van der Waals surface area contributed by atoms with E-state index in [0.29, 0.717) is 6.04 Å². The number of benzene rings is 2. The van der Waals surface area contributed by atoms with E-state index in [0.717, 1.165) is 43.1 Å². The van der Waals surface area contributed by atoms with Crippen molar-refractivity contribution in [2.24, 2.45) is 5.92 Å². The number of nitrogens with zero attached hydrogens (tertiary/aromatic N) is 6. The van der Waals surface area contributed by atoms with Gasteiger partial charge in [0.15, 0.2) is 11.9 Å². The molecule has 2 aromatic carbocycles. The summed E-state index contributed by atoms with van der Waals surface area (Å²) >= 11 is 12.4. The fourth-order valence-corrected chi connectivity index (χ4v) is 6.15. The average Bonchev–Trinajstić information content (AvgIpc) is 3.44. The molecule has 8 nitrogen and oxygen atoms in total. The number of carbonyl (C=O) groups excluding carboxylic acids is 1. The van der Waals surface area contributed by atoms with Crippen LogP contribution in [0.25, 0.3) is 5.69 Å². The minimum absolute atomic E-state index is 0. The quantitative estimate of drug-likeness (QED) is 0.403. The van der Waals surface area contributed by atoms with Gasteiger partial charge in [0.1, 0.15) is 0 Å². The largest absolute Gasteiger partial charge is 0.416 e. The zero-order chi connectivity index (χ0) is 27.4. The molecule has 2 heterocycles. The van der Waals surface area contributed by atoms with Crippen LogP contribution in [0.5, 0.6) is 0 Å². The molecule has 1 unspecified atom stereocenters. The van der Waals surface area contributed by atoms with Crippen LogP contribution in [-0.4, -0.2) is 61.8 Å². The Kier molecular flexibility index (Phi) is 8.22. The van der Waals surface area contributed by atoms with Gasteiger partial charge in [0.2, 0.25) is 0 Å². The van der Waals surface area contributed by atoms with Gasteiger partial charge in [0, 0.05) is 33.8 Å². The summed E-state index contributed by atoms with van der Waals surface area (Å²) in [6, 6.07) is 6.44. The smallest absolute Gasteiger partial charge is 0.372 e. The summed E-state index contributed by atoms with van der Waals surface area (Å²) < 4.78 is 43.6. The maximum atomic E-state index is 14.5. The second-order valence-corrected chi connectivity index (χ2v) is 10.4. The molecular formula is C25H26Cl3F3N6O2. The molecule has 39 heavy (non-hydrogen) atoms. The van der Waals surface area contributed by atoms with Crippen LogP contribution in [0.3, 0.4) is 0 Å². The van der Waals surface area contributed by atoms with E-state index in [-0.39, 0.29) is 51.9 Å². The van der Waals surface area contributed by atoms with E-state index in [1.165, 1.54) is 29.2 Å². The number of halogens is 6. The second kappa shape index (κ2) is 10.9. The summed E-state index contributed by atoms with van der Waals surface area (Å²) in [7, 11) is 0. The normalized spacial score (nSPS) is 22.6. The van der Waals surface area contributed by atoms with Gasteiger partial charge >= 0.3 is 6.18 Å². The molecule has 0 saturated heterocycles. The molecule has 5 rings (SSSR count). The molecule has 210 valence electrons. The Balaban J connectivity index is 0.00000353. The summed E-state index contributed by atoms with van der Waals surface area (Å²) in [6.45, 7) is 6.06. The fourth-order valence-electron chi connectivity index (χ4n) is 5.60. The lowest BCUT2D eigenvalue weighted by Gasteiger charge is -2.43. The Morgan fingerprint density at radius 1 is 1.15 bits per heavy atom. The molecule has 3 aromatic rings. The van der Waals surface area contributed by atoms with E-state index in [2.05, 4.69) is 34.2 Å². The molecule has 0 spiro atoms. The van der Waals surface area contributed by atoms with Crippen molar-refractivity contribution in [2.75, 3.05) is 24.5 Å². The van der Waals surface area contributed by atoms with Gasteiger partial charge in [-0.1, -0.05) is 43.1 Å². The number of hydrogen-bond acceptors (Lipinski definition) is 6. The maximum absolute atomic E-state index is 14.5. The third-order valence-electron chi connectivity index (χ3n) is 7.50. The van der Waals surface area contributed by atoms with E-state index in [1.54, 1.807) is 0 Å². The summed E-state index contributed by atoms with van der Waals surface area (Å²) in [5.74, 6) is -0.861. The van der Waals surface area contributed by atoms with E-state index >= 15 is 0 Å². The summed E-state index contributed by atoms with van der Waals surface area (Å²) in [6.07, 6.45) is -2.25. The predicted molar refractivity (Wildman–Crippen MR) is 143 cm³/mol. The van der Waals surface area contributed by atoms with Crippen LogP contribution >= 0.6 is 35.6 Å². The highest BCUT2D eigenvalue weighted by Crippen LogP contribution is 2.53. The van der Waals surface area contributed by atoms with Crippen molar-refractivity contribution in [1.29, 1.82) is 0 Å². The zero-order valence-electron chi connectivity index (χ0n) is 21.0. The molecule has 1 fully saturated rings. The summed E-state index contributed by atoms with van der Waals surface area (Å²) in [5, 5.41) is 23.2. The third-order valence-corrected chi connectivity index (χ3v) is 8.04. The Morgan fingerprint density at radius 2 is 1.85 bits per heavy atom. The number of aromatic nitrogens is 4. The highest BCUT2D eigenvalue weighted by molar-refractivity contribution is 6.35. The first-order valence-corrected chi connectivity index (χ1v) is 13.0. The molecule has 1 aromatic heterocycles. The molecule has 1 saturated carbocycles. The van der Waals surface area contributed by atoms with E-state index in [1.807, 2.05) is 0 Å². The van der Waals surface area contributed by atoms with Gasteiger partial charge in [-0.2, -0.15) is 13.2 Å². The maximum Gasteiger partial charge on any atom is 0.416 e. The van der Waals surface area contributed by atoms with Crippen molar-refractivity contribution >= 4 is 47.2 Å². The number of rotatable bonds is 7. The van der Waals surface area contributed by atoms with Crippen molar-refractivity contribution in [3.63, 3.8) is 0 Å². The Morgan fingerprint density at radius 3 is 2.41 bits per heavy atom. The van der Waals surface area contributed by atoms with Gasteiger partial charge in [-0.25, -0.2) is 0 Å². The zero-order valence-corrected chi connectivity index (χ0v) is 23.3. The number of tetrazole rings is 1. The molecule has 1 atom stereocenters. The number of alkyl halides is 3. The number of amides is 1. The SMILES string of the molecule is CCN(CC)[C@H]1C[C@H](CN2C(=O)C(O)(c3ccc(Cl)cc3Cl)c3c2cc(-n2ncnn2)cc3C(F)(F)F)C1.Cl. The number of anilines is 1. The molecule has 1 aliphatic heterocycles. The lowest BCUT2D eigenvalue weighted by molar-refractivity contribution is -0.142. The van der Waals surface area contributed by atoms with Crippen molar-refractivity contribution in [2.45, 2.75) is 44.5 Å². The first-order valence-electron chi connectivity index (χ1n) is 12.2. The highest BCUT2D eigenvalue weighted by atomic mass is 35.5. The van der Waals surface area contributed by atoms with Crippen LogP contribution in [0.4, 0.5) is 18.9 Å². The standard InChI is InChI=1S/C25H25Cl2F3N6O2.ClH/c1-3-34(4-2)16-7-14(8-16)12-35-21-11-17(36-32-13-31-33-36)10-19(25(28,29)30)22(21)24(38,23(35)37)18-6-5-15(26)9-20(18)27;/h5-6,9-11,13-14,16,38H,3-4,7-8,12H2,1-2H3;1H/t14-,16-,24?;. The average molecular weight is 606 g/mol. The predicted octanol–water partition coefficient (Wildman–Crippen LogP) is 5.11. The van der Waals surface area contributed by atoms with Gasteiger partial charge in [-0.15, -0.1) is 27.4 Å². The highest BCUT2D eigenvalue weighted by Gasteiger charge is 2.57. The Bertz CT molecular complexity index is 1360. The Labute approximate surface area is 239 Å². The van der Waals surface area contributed by atoms with Gasteiger partial charge in [0.05, 0.1) is 16.9 Å². The minimum Gasteiger partial charge on any atom is -0.372 e. The van der Waals surface area contributed by atoms with Crippen LogP contribution in [0.1, 0.15) is 43.4 Å². The van der Waals surface area contributed by atoms with Crippen LogP contribution in [0.2, 0.25) is 10.0 Å². The summed E-state index contributed by atoms with van der Waals surface area (Å²) in [5.41, 5.74) is -4.75. The first-order chi connectivity index (χ1) is 18.0. The molecule has 1 N–H and O–H groups in total. The number of hydrogen-bond donors (Lipinski definition) is 1. The lowest BCUT2D eigenvalue weighted by atomic mass is 9.78. The molecular weight excluding hydrogens is 580 g/mol. The van der Waals surface area contributed by atoms with Crippen LogP contribution < -0.4 is 4.90 Å². The van der Waals surface area contributed by atoms with Crippen molar-refractivity contribution in [3.05, 3.63) is 63.4 Å². The number of carbonyl (C=O) groups is 1. The first kappa shape index (κ1) is 29.5. The third kappa shape index (κ3) is 4.99. The second-order valence-electron chi connectivity index (χ2n) is 9.57. The fraction of sp³-hybridized carbons (Fsp3) is 0.440. The number of fused-ring (bicyclic) bond motifs is 1. The molecule has 0 bridgehead atoms. The minimum atomic E-state index is -4.92. The number of aliphatic hydroxyl groups is 1. The van der Waals surface area contributed by atoms with Crippen LogP contribution in [0, 0.1) is 5.92 Å². The van der Waals surface area contributed by atoms with Crippen molar-refractivity contribution in [1.82, 2.24) is 25.1 Å². The lowest BCUT2D eigenvalue weighted by Crippen LogP contribution is -2.50. The van der Waals surface area contributed by atoms with Gasteiger partial charge in [-0.05, 0) is 61.3 Å². The molecule has 0 radical (unpaired) electrons. The van der Waals surface area contributed by atoms with Gasteiger partial charge in [0.25, 0.3) is 5.91 Å². The molecule has 2 aliphatic rings. The van der Waals surface area contributed by atoms with E-state index < -0.39 is 28.8 Å². The topological polar surface area (TPSA) is 87.4 Å². The van der Waals surface area contributed by atoms with Crippen LogP contribution in [0.15, 0.2) is 36.7 Å². The van der Waals surface area contributed by atoms with E-state index in [9.17, 15) is 23.1 Å². The summed E-state index contributed by atoms with van der Waals surface area (Å²) in [4.78, 5) is 18.4. The molecule has 1 aliphatic carbocycles. The van der Waals surface area contributed by atoms with Crippen LogP contribution in [-0.2, 0) is 16.6 Å². The monoisotopic (exact) mass is 604 g/mol. The molecule has 14 heteroatoms.